The van der Waals surface area contributed by atoms with Gasteiger partial charge < -0.3 is 9.26 Å². The zero-order chi connectivity index (χ0) is 21.8. The van der Waals surface area contributed by atoms with Gasteiger partial charge in [0.05, 0.1) is 11.5 Å². The van der Waals surface area contributed by atoms with Crippen molar-refractivity contribution in [2.24, 2.45) is 0 Å². The summed E-state index contributed by atoms with van der Waals surface area (Å²) in [5, 5.41) is 5.71. The van der Waals surface area contributed by atoms with Crippen molar-refractivity contribution >= 4 is 38.7 Å². The summed E-state index contributed by atoms with van der Waals surface area (Å²) in [4.78, 5) is 13.5. The molecule has 0 N–H and O–H groups in total. The third-order valence-corrected chi connectivity index (χ3v) is 9.58. The summed E-state index contributed by atoms with van der Waals surface area (Å²) in [6.07, 6.45) is 5.01. The van der Waals surface area contributed by atoms with Crippen molar-refractivity contribution < 1.29 is 22.5 Å². The predicted molar refractivity (Wildman–Crippen MR) is 120 cm³/mol. The van der Waals surface area contributed by atoms with Crippen LogP contribution in [0.15, 0.2) is 44.4 Å². The van der Waals surface area contributed by atoms with Crippen LogP contribution in [0.25, 0.3) is 10.6 Å². The van der Waals surface area contributed by atoms with Crippen LogP contribution in [0.3, 0.4) is 0 Å². The molecule has 0 radical (unpaired) electrons. The van der Waals surface area contributed by atoms with Gasteiger partial charge in [-0.3, -0.25) is 0 Å². The van der Waals surface area contributed by atoms with E-state index in [4.69, 9.17) is 9.26 Å². The number of hydrogen-bond donors (Lipinski definition) is 0. The maximum Gasteiger partial charge on any atom is 0.360 e. The second-order valence-corrected chi connectivity index (χ2v) is 11.6. The van der Waals surface area contributed by atoms with Crippen molar-refractivity contribution in [3.05, 3.63) is 46.3 Å². The lowest BCUT2D eigenvalue weighted by Gasteiger charge is -2.32. The standard InChI is InChI=1S/C21H24N2O5S3/c1-2-27-21(24)17-13-18(28-22-17)19-10-11-20(30-19)31(25,26)23(14-16-9-6-12-29-16)15-7-4-3-5-8-15/h6,9-13,15H,2-5,7-8,14H2,1H3. The van der Waals surface area contributed by atoms with Crippen molar-refractivity contribution in [3.63, 3.8) is 0 Å². The van der Waals surface area contributed by atoms with Gasteiger partial charge in [-0.25, -0.2) is 13.2 Å². The first-order valence-electron chi connectivity index (χ1n) is 10.3. The van der Waals surface area contributed by atoms with Gasteiger partial charge in [-0.15, -0.1) is 22.7 Å². The Morgan fingerprint density at radius 3 is 2.77 bits per heavy atom. The summed E-state index contributed by atoms with van der Waals surface area (Å²) in [6, 6.07) is 8.70. The Kier molecular flexibility index (Phi) is 6.90. The first kappa shape index (κ1) is 22.2. The van der Waals surface area contributed by atoms with Crippen LogP contribution >= 0.6 is 22.7 Å². The summed E-state index contributed by atoms with van der Waals surface area (Å²) in [6.45, 7) is 2.33. The molecule has 0 atom stereocenters. The molecule has 166 valence electrons. The topological polar surface area (TPSA) is 89.7 Å². The minimum absolute atomic E-state index is 0.00657. The Morgan fingerprint density at radius 2 is 2.06 bits per heavy atom. The summed E-state index contributed by atoms with van der Waals surface area (Å²) in [7, 11) is -3.68. The second kappa shape index (κ2) is 9.64. The van der Waals surface area contributed by atoms with E-state index in [1.807, 2.05) is 17.5 Å². The zero-order valence-corrected chi connectivity index (χ0v) is 19.6. The van der Waals surface area contributed by atoms with Crippen LogP contribution in [0, 0.1) is 0 Å². The lowest BCUT2D eigenvalue weighted by atomic mass is 9.95. The van der Waals surface area contributed by atoms with E-state index in [1.54, 1.807) is 34.7 Å². The fraction of sp³-hybridized carbons (Fsp3) is 0.429. The minimum Gasteiger partial charge on any atom is -0.461 e. The number of esters is 1. The summed E-state index contributed by atoms with van der Waals surface area (Å²) in [5.74, 6) is -0.224. The Labute approximate surface area is 189 Å². The fourth-order valence-electron chi connectivity index (χ4n) is 3.73. The first-order valence-corrected chi connectivity index (χ1v) is 13.4. The number of aromatic nitrogens is 1. The molecule has 4 rings (SSSR count). The number of hydrogen-bond acceptors (Lipinski definition) is 8. The number of thiophene rings is 2. The average molecular weight is 481 g/mol. The van der Waals surface area contributed by atoms with E-state index in [9.17, 15) is 13.2 Å². The third kappa shape index (κ3) is 4.92. The number of ether oxygens (including phenoxy) is 1. The lowest BCUT2D eigenvalue weighted by molar-refractivity contribution is 0.0514. The SMILES string of the molecule is CCOC(=O)c1cc(-c2ccc(S(=O)(=O)N(Cc3cccs3)C3CCCCC3)s2)on1. The average Bonchev–Trinajstić information content (AvgIpc) is 3.54. The van der Waals surface area contributed by atoms with Crippen molar-refractivity contribution in [1.82, 2.24) is 9.46 Å². The van der Waals surface area contributed by atoms with E-state index >= 15 is 0 Å². The highest BCUT2D eigenvalue weighted by molar-refractivity contribution is 7.91. The Balaban J connectivity index is 1.60. The second-order valence-electron chi connectivity index (χ2n) is 7.34. The van der Waals surface area contributed by atoms with E-state index < -0.39 is 16.0 Å². The van der Waals surface area contributed by atoms with Gasteiger partial charge in [0.1, 0.15) is 4.21 Å². The normalized spacial score (nSPS) is 15.4. The highest BCUT2D eigenvalue weighted by Crippen LogP contribution is 2.36. The molecule has 1 aliphatic rings. The van der Waals surface area contributed by atoms with Crippen LogP contribution in [0.4, 0.5) is 0 Å². The van der Waals surface area contributed by atoms with Crippen LogP contribution in [0.1, 0.15) is 54.4 Å². The minimum atomic E-state index is -3.68. The molecule has 0 aliphatic heterocycles. The summed E-state index contributed by atoms with van der Waals surface area (Å²) >= 11 is 2.69. The molecule has 3 heterocycles. The number of rotatable bonds is 8. The number of carbonyl (C=O) groups excluding carboxylic acids is 1. The lowest BCUT2D eigenvalue weighted by Crippen LogP contribution is -2.40. The molecule has 7 nitrogen and oxygen atoms in total. The molecule has 10 heteroatoms. The molecule has 1 saturated carbocycles. The van der Waals surface area contributed by atoms with Gasteiger partial charge >= 0.3 is 5.97 Å². The smallest absolute Gasteiger partial charge is 0.360 e. The summed E-state index contributed by atoms with van der Waals surface area (Å²) in [5.41, 5.74) is 0.0659. The highest BCUT2D eigenvalue weighted by atomic mass is 32.2. The molecule has 0 aromatic carbocycles. The number of sulfonamides is 1. The number of carbonyl (C=O) groups is 1. The van der Waals surface area contributed by atoms with E-state index in [1.165, 1.54) is 6.07 Å². The predicted octanol–water partition coefficient (Wildman–Crippen LogP) is 5.16. The van der Waals surface area contributed by atoms with E-state index in [-0.39, 0.29) is 22.6 Å². The van der Waals surface area contributed by atoms with Crippen LogP contribution in [0.5, 0.6) is 0 Å². The maximum atomic E-state index is 13.6. The van der Waals surface area contributed by atoms with Gasteiger partial charge in [0.2, 0.25) is 0 Å². The number of nitrogens with zero attached hydrogens (tertiary/aromatic N) is 2. The molecule has 1 aliphatic carbocycles. The molecule has 0 spiro atoms. The molecular weight excluding hydrogens is 456 g/mol. The molecule has 31 heavy (non-hydrogen) atoms. The van der Waals surface area contributed by atoms with E-state index in [2.05, 4.69) is 5.16 Å². The molecule has 0 bridgehead atoms. The molecule has 0 saturated heterocycles. The molecule has 1 fully saturated rings. The molecular formula is C21H24N2O5S3. The quantitative estimate of drug-likeness (QED) is 0.414. The fourth-order valence-corrected chi connectivity index (χ4v) is 7.57. The van der Waals surface area contributed by atoms with Gasteiger partial charge in [0.15, 0.2) is 11.5 Å². The van der Waals surface area contributed by atoms with Crippen LogP contribution < -0.4 is 0 Å². The van der Waals surface area contributed by atoms with Crippen molar-refractivity contribution in [2.75, 3.05) is 6.61 Å². The highest BCUT2D eigenvalue weighted by Gasteiger charge is 2.34. The largest absolute Gasteiger partial charge is 0.461 e. The van der Waals surface area contributed by atoms with Crippen molar-refractivity contribution in [3.8, 4) is 10.6 Å². The van der Waals surface area contributed by atoms with Gasteiger partial charge in [0.25, 0.3) is 10.0 Å². The van der Waals surface area contributed by atoms with Gasteiger partial charge in [-0.05, 0) is 43.3 Å². The van der Waals surface area contributed by atoms with Crippen molar-refractivity contribution in [1.29, 1.82) is 0 Å². The zero-order valence-electron chi connectivity index (χ0n) is 17.2. The Morgan fingerprint density at radius 1 is 1.26 bits per heavy atom. The molecule has 0 amide bonds. The first-order chi connectivity index (χ1) is 15.0. The molecule has 3 aromatic rings. The van der Waals surface area contributed by atoms with E-state index in [0.29, 0.717) is 17.2 Å². The van der Waals surface area contributed by atoms with E-state index in [0.717, 1.165) is 48.3 Å². The van der Waals surface area contributed by atoms with Gasteiger partial charge in [-0.1, -0.05) is 30.5 Å². The Bertz CT molecular complexity index is 1110. The maximum absolute atomic E-state index is 13.6. The molecule has 3 aromatic heterocycles. The third-order valence-electron chi connectivity index (χ3n) is 5.26. The van der Waals surface area contributed by atoms with Crippen LogP contribution in [0.2, 0.25) is 0 Å². The van der Waals surface area contributed by atoms with Crippen molar-refractivity contribution in [2.45, 2.75) is 55.8 Å². The van der Waals surface area contributed by atoms with Crippen LogP contribution in [-0.4, -0.2) is 36.5 Å². The summed E-state index contributed by atoms with van der Waals surface area (Å²) < 4.78 is 39.4. The monoisotopic (exact) mass is 480 g/mol. The van der Waals surface area contributed by atoms with Gasteiger partial charge in [0, 0.05) is 23.5 Å². The van der Waals surface area contributed by atoms with Crippen LogP contribution in [-0.2, 0) is 21.3 Å². The molecule has 0 unspecified atom stereocenters. The van der Waals surface area contributed by atoms with Gasteiger partial charge in [-0.2, -0.15) is 4.31 Å². The Hall–Kier alpha value is -2.01.